The van der Waals surface area contributed by atoms with E-state index in [2.05, 4.69) is 32.1 Å². The van der Waals surface area contributed by atoms with Crippen molar-refractivity contribution in [3.8, 4) is 46.4 Å². The fraction of sp³-hybridized carbons (Fsp3) is 0.143. The van der Waals surface area contributed by atoms with E-state index in [1.54, 1.807) is 39.9 Å². The number of hydrogen-bond donors (Lipinski definition) is 0. The summed E-state index contributed by atoms with van der Waals surface area (Å²) < 4.78 is 23.4. The number of ether oxygens (including phenoxy) is 1. The molecule has 1 aliphatic heterocycles. The van der Waals surface area contributed by atoms with Crippen LogP contribution in [0.15, 0.2) is 67.4 Å². The largest absolute Gasteiger partial charge is 0.484 e. The zero-order valence-electron chi connectivity index (χ0n) is 19.8. The van der Waals surface area contributed by atoms with Gasteiger partial charge in [-0.1, -0.05) is 5.92 Å². The van der Waals surface area contributed by atoms with Crippen LogP contribution in [0.2, 0.25) is 0 Å². The van der Waals surface area contributed by atoms with Crippen molar-refractivity contribution in [2.75, 3.05) is 18.0 Å². The SMILES string of the molecule is C#Cc1ccc(OC2CN(c3ccc(-c4cc(-c5cnn(C)c5)cn5ncc(C#N)c45)cn3)C2)c(F)c1. The van der Waals surface area contributed by atoms with Crippen molar-refractivity contribution < 1.29 is 9.13 Å². The van der Waals surface area contributed by atoms with Crippen LogP contribution < -0.4 is 9.64 Å². The molecular formula is C28H20FN7O. The maximum absolute atomic E-state index is 14.2. The molecule has 0 atom stereocenters. The van der Waals surface area contributed by atoms with E-state index in [-0.39, 0.29) is 11.9 Å². The zero-order valence-corrected chi connectivity index (χ0v) is 19.8. The quantitative estimate of drug-likeness (QED) is 0.346. The molecule has 1 aliphatic rings. The Morgan fingerprint density at radius 3 is 2.57 bits per heavy atom. The van der Waals surface area contributed by atoms with Crippen LogP contribution in [0.4, 0.5) is 10.2 Å². The number of halogens is 1. The lowest BCUT2D eigenvalue weighted by Gasteiger charge is -2.39. The van der Waals surface area contributed by atoms with E-state index >= 15 is 0 Å². The van der Waals surface area contributed by atoms with Crippen LogP contribution >= 0.6 is 0 Å². The Bertz CT molecular complexity index is 1720. The Kier molecular flexibility index (Phi) is 5.32. The fourth-order valence-electron chi connectivity index (χ4n) is 4.45. The Hall–Kier alpha value is -5.15. The second-order valence-corrected chi connectivity index (χ2v) is 8.85. The van der Waals surface area contributed by atoms with Crippen molar-refractivity contribution in [3.63, 3.8) is 0 Å². The number of nitrogens with zero attached hydrogens (tertiary/aromatic N) is 7. The molecule has 5 heterocycles. The molecule has 8 nitrogen and oxygen atoms in total. The molecule has 9 heteroatoms. The van der Waals surface area contributed by atoms with Gasteiger partial charge in [0.15, 0.2) is 11.6 Å². The molecule has 0 aliphatic carbocycles. The second kappa shape index (κ2) is 8.81. The number of pyridine rings is 2. The standard InChI is InChI=1S/C28H20FN7O/c1-3-18-4-6-26(25(29)8-18)37-23-16-35(17-23)27-7-5-19(11-31-27)24-9-20(22-13-32-34(2)14-22)15-36-28(24)21(10-30)12-33-36/h1,4-9,11-15,23H,16-17H2,2H3. The number of fused-ring (bicyclic) bond motifs is 1. The summed E-state index contributed by atoms with van der Waals surface area (Å²) in [6.07, 6.45) is 14.1. The van der Waals surface area contributed by atoms with E-state index in [1.165, 1.54) is 6.07 Å². The zero-order chi connectivity index (χ0) is 25.5. The highest BCUT2D eigenvalue weighted by Crippen LogP contribution is 2.33. The summed E-state index contributed by atoms with van der Waals surface area (Å²) in [5.41, 5.74) is 5.27. The third-order valence-electron chi connectivity index (χ3n) is 6.39. The van der Waals surface area contributed by atoms with Gasteiger partial charge in [-0.2, -0.15) is 15.5 Å². The second-order valence-electron chi connectivity index (χ2n) is 8.85. The van der Waals surface area contributed by atoms with Gasteiger partial charge in [0.25, 0.3) is 0 Å². The minimum atomic E-state index is -0.465. The van der Waals surface area contributed by atoms with Crippen LogP contribution in [0.1, 0.15) is 11.1 Å². The number of nitriles is 1. The van der Waals surface area contributed by atoms with Gasteiger partial charge in [0.1, 0.15) is 18.0 Å². The van der Waals surface area contributed by atoms with Crippen molar-refractivity contribution >= 4 is 11.3 Å². The number of aromatic nitrogens is 5. The normalized spacial score (nSPS) is 13.2. The third kappa shape index (κ3) is 4.03. The summed E-state index contributed by atoms with van der Waals surface area (Å²) in [5, 5.41) is 18.3. The number of rotatable bonds is 5. The van der Waals surface area contributed by atoms with Gasteiger partial charge in [0.2, 0.25) is 0 Å². The Morgan fingerprint density at radius 1 is 1.03 bits per heavy atom. The van der Waals surface area contributed by atoms with Gasteiger partial charge in [0.05, 0.1) is 36.6 Å². The van der Waals surface area contributed by atoms with Gasteiger partial charge in [-0.15, -0.1) is 6.42 Å². The third-order valence-corrected chi connectivity index (χ3v) is 6.39. The molecule has 37 heavy (non-hydrogen) atoms. The lowest BCUT2D eigenvalue weighted by Crippen LogP contribution is -2.54. The summed E-state index contributed by atoms with van der Waals surface area (Å²) in [6.45, 7) is 1.18. The molecule has 0 N–H and O–H groups in total. The van der Waals surface area contributed by atoms with Crippen molar-refractivity contribution in [3.05, 3.63) is 84.3 Å². The smallest absolute Gasteiger partial charge is 0.166 e. The first kappa shape index (κ1) is 22.3. The summed E-state index contributed by atoms with van der Waals surface area (Å²) in [5.74, 6) is 2.93. The van der Waals surface area contributed by atoms with Gasteiger partial charge in [0, 0.05) is 53.5 Å². The highest BCUT2D eigenvalue weighted by Gasteiger charge is 2.30. The van der Waals surface area contributed by atoms with Crippen LogP contribution in [0, 0.1) is 29.5 Å². The first-order valence-electron chi connectivity index (χ1n) is 11.6. The number of benzene rings is 1. The van der Waals surface area contributed by atoms with Crippen LogP contribution in [0.5, 0.6) is 5.75 Å². The summed E-state index contributed by atoms with van der Waals surface area (Å²) >= 11 is 0. The molecule has 1 fully saturated rings. The van der Waals surface area contributed by atoms with Gasteiger partial charge < -0.3 is 9.64 Å². The van der Waals surface area contributed by atoms with Crippen molar-refractivity contribution in [2.45, 2.75) is 6.10 Å². The van der Waals surface area contributed by atoms with Crippen LogP contribution in [0.3, 0.4) is 0 Å². The highest BCUT2D eigenvalue weighted by molar-refractivity contribution is 5.87. The predicted molar refractivity (Wildman–Crippen MR) is 136 cm³/mol. The molecule has 1 aromatic carbocycles. The van der Waals surface area contributed by atoms with E-state index in [9.17, 15) is 9.65 Å². The minimum Gasteiger partial charge on any atom is -0.484 e. The average Bonchev–Trinajstić information content (AvgIpc) is 3.52. The molecular weight excluding hydrogens is 469 g/mol. The summed E-state index contributed by atoms with van der Waals surface area (Å²) in [7, 11) is 1.87. The molecule has 0 unspecified atom stereocenters. The minimum absolute atomic E-state index is 0.145. The van der Waals surface area contributed by atoms with Crippen LogP contribution in [-0.4, -0.2) is 43.6 Å². The Labute approximate surface area is 212 Å². The molecule has 0 saturated carbocycles. The maximum Gasteiger partial charge on any atom is 0.166 e. The lowest BCUT2D eigenvalue weighted by molar-refractivity contribution is 0.160. The van der Waals surface area contributed by atoms with Gasteiger partial charge in [-0.25, -0.2) is 13.9 Å². The maximum atomic E-state index is 14.2. The lowest BCUT2D eigenvalue weighted by atomic mass is 10.0. The molecule has 0 spiro atoms. The predicted octanol–water partition coefficient (Wildman–Crippen LogP) is 4.06. The number of terminal acetylenes is 1. The Morgan fingerprint density at radius 2 is 1.89 bits per heavy atom. The van der Waals surface area contributed by atoms with E-state index in [0.29, 0.717) is 24.2 Å². The van der Waals surface area contributed by atoms with Gasteiger partial charge >= 0.3 is 0 Å². The van der Waals surface area contributed by atoms with E-state index in [4.69, 9.17) is 11.2 Å². The molecule has 0 radical (unpaired) electrons. The molecule has 1 saturated heterocycles. The Balaban J connectivity index is 1.24. The van der Waals surface area contributed by atoms with Gasteiger partial charge in [-0.05, 0) is 36.4 Å². The molecule has 4 aromatic heterocycles. The number of hydrogen-bond acceptors (Lipinski definition) is 6. The highest BCUT2D eigenvalue weighted by atomic mass is 19.1. The van der Waals surface area contributed by atoms with E-state index < -0.39 is 5.82 Å². The molecule has 0 amide bonds. The van der Waals surface area contributed by atoms with Crippen LogP contribution in [0.25, 0.3) is 27.8 Å². The van der Waals surface area contributed by atoms with Crippen LogP contribution in [-0.2, 0) is 7.05 Å². The summed E-state index contributed by atoms with van der Waals surface area (Å²) in [6, 6.07) is 12.7. The molecule has 6 rings (SSSR count). The topological polar surface area (TPSA) is 84.3 Å². The van der Waals surface area contributed by atoms with E-state index in [1.807, 2.05) is 37.6 Å². The molecule has 180 valence electrons. The number of aryl methyl sites for hydroxylation is 1. The fourth-order valence-corrected chi connectivity index (χ4v) is 4.45. The van der Waals surface area contributed by atoms with Crippen molar-refractivity contribution in [2.24, 2.45) is 7.05 Å². The first-order valence-corrected chi connectivity index (χ1v) is 11.6. The summed E-state index contributed by atoms with van der Waals surface area (Å²) in [4.78, 5) is 6.72. The monoisotopic (exact) mass is 489 g/mol. The van der Waals surface area contributed by atoms with E-state index in [0.717, 1.165) is 33.6 Å². The molecule has 0 bridgehead atoms. The average molecular weight is 490 g/mol. The number of anilines is 1. The van der Waals surface area contributed by atoms with Gasteiger partial charge in [-0.3, -0.25) is 4.68 Å². The first-order chi connectivity index (χ1) is 18.0. The van der Waals surface area contributed by atoms with Crippen molar-refractivity contribution in [1.29, 1.82) is 5.26 Å². The molecule has 5 aromatic rings. The van der Waals surface area contributed by atoms with Crippen molar-refractivity contribution in [1.82, 2.24) is 24.4 Å².